The zero-order valence-electron chi connectivity index (χ0n) is 11.8. The molecule has 7 heteroatoms. The third-order valence-corrected chi connectivity index (χ3v) is 6.20. The third kappa shape index (κ3) is 2.80. The molecule has 0 aliphatic carbocycles. The molecule has 1 aliphatic rings. The first-order valence-corrected chi connectivity index (χ1v) is 8.25. The van der Waals surface area contributed by atoms with Gasteiger partial charge in [-0.2, -0.15) is 4.31 Å². The van der Waals surface area contributed by atoms with E-state index in [2.05, 4.69) is 0 Å². The Morgan fingerprint density at radius 3 is 2.38 bits per heavy atom. The summed E-state index contributed by atoms with van der Waals surface area (Å²) in [4.78, 5) is 11.0. The molecule has 0 spiro atoms. The van der Waals surface area contributed by atoms with Crippen LogP contribution >= 0.6 is 0 Å². The van der Waals surface area contributed by atoms with Crippen LogP contribution < -0.4 is 0 Å². The Labute approximate surface area is 123 Å². The zero-order chi connectivity index (χ0) is 15.7. The fourth-order valence-corrected chi connectivity index (χ4v) is 4.17. The van der Waals surface area contributed by atoms with Gasteiger partial charge in [0, 0.05) is 13.1 Å². The second-order valence-corrected chi connectivity index (χ2v) is 7.18. The van der Waals surface area contributed by atoms with Crippen LogP contribution in [0.2, 0.25) is 0 Å². The summed E-state index contributed by atoms with van der Waals surface area (Å²) in [6.07, 6.45) is 0.939. The van der Waals surface area contributed by atoms with Crippen molar-refractivity contribution in [2.75, 3.05) is 13.1 Å². The van der Waals surface area contributed by atoms with Crippen LogP contribution in [-0.2, 0) is 14.8 Å². The van der Waals surface area contributed by atoms with Gasteiger partial charge in [0.15, 0.2) is 0 Å². The summed E-state index contributed by atoms with van der Waals surface area (Å²) in [5.74, 6) is -1.68. The highest BCUT2D eigenvalue weighted by molar-refractivity contribution is 7.89. The predicted octanol–water partition coefficient (Wildman–Crippen LogP) is 2.09. The number of sulfonamides is 1. The number of piperidine rings is 1. The van der Waals surface area contributed by atoms with E-state index in [4.69, 9.17) is 0 Å². The zero-order valence-corrected chi connectivity index (χ0v) is 12.6. The van der Waals surface area contributed by atoms with Gasteiger partial charge >= 0.3 is 5.97 Å². The van der Waals surface area contributed by atoms with Gasteiger partial charge in [0.05, 0.1) is 5.41 Å². The molecule has 1 aliphatic heterocycles. The molecular formula is C14H18FNO4S. The molecule has 1 N–H and O–H groups in total. The fraction of sp³-hybridized carbons (Fsp3) is 0.500. The summed E-state index contributed by atoms with van der Waals surface area (Å²) in [6, 6.07) is 5.22. The number of carbonyl (C=O) groups is 1. The van der Waals surface area contributed by atoms with Crippen molar-refractivity contribution in [1.82, 2.24) is 4.31 Å². The van der Waals surface area contributed by atoms with Gasteiger partial charge in [-0.25, -0.2) is 12.8 Å². The summed E-state index contributed by atoms with van der Waals surface area (Å²) < 4.78 is 39.7. The van der Waals surface area contributed by atoms with Crippen molar-refractivity contribution in [3.8, 4) is 0 Å². The largest absolute Gasteiger partial charge is 0.481 e. The molecule has 0 radical (unpaired) electrons. The van der Waals surface area contributed by atoms with E-state index in [0.717, 1.165) is 6.07 Å². The summed E-state index contributed by atoms with van der Waals surface area (Å²) in [6.45, 7) is 1.97. The Hall–Kier alpha value is -1.47. The molecule has 1 aromatic rings. The molecular weight excluding hydrogens is 297 g/mol. The van der Waals surface area contributed by atoms with Crippen molar-refractivity contribution < 1.29 is 22.7 Å². The molecule has 0 aromatic heterocycles. The van der Waals surface area contributed by atoms with Gasteiger partial charge in [-0.3, -0.25) is 4.79 Å². The molecule has 1 saturated heterocycles. The van der Waals surface area contributed by atoms with Crippen LogP contribution in [0, 0.1) is 11.2 Å². The molecule has 0 saturated carbocycles. The van der Waals surface area contributed by atoms with Gasteiger partial charge in [0.2, 0.25) is 10.0 Å². The average molecular weight is 315 g/mol. The van der Waals surface area contributed by atoms with Crippen LogP contribution in [0.4, 0.5) is 4.39 Å². The first-order valence-electron chi connectivity index (χ1n) is 6.81. The molecule has 1 fully saturated rings. The van der Waals surface area contributed by atoms with Crippen molar-refractivity contribution in [3.63, 3.8) is 0 Å². The second kappa shape index (κ2) is 5.73. The Kier molecular flexibility index (Phi) is 4.34. The van der Waals surface area contributed by atoms with Crippen molar-refractivity contribution in [2.45, 2.75) is 31.1 Å². The highest BCUT2D eigenvalue weighted by atomic mass is 32.2. The number of rotatable bonds is 4. The smallest absolute Gasteiger partial charge is 0.309 e. The van der Waals surface area contributed by atoms with Gasteiger partial charge in [-0.1, -0.05) is 19.1 Å². The van der Waals surface area contributed by atoms with Crippen LogP contribution in [0.15, 0.2) is 29.2 Å². The van der Waals surface area contributed by atoms with Gasteiger partial charge < -0.3 is 5.11 Å². The lowest BCUT2D eigenvalue weighted by atomic mass is 9.77. The minimum absolute atomic E-state index is 0.0941. The molecule has 5 nitrogen and oxygen atoms in total. The first-order chi connectivity index (χ1) is 9.83. The van der Waals surface area contributed by atoms with E-state index in [1.807, 2.05) is 0 Å². The minimum Gasteiger partial charge on any atom is -0.481 e. The number of carboxylic acid groups (broad SMARTS) is 1. The van der Waals surface area contributed by atoms with Gasteiger partial charge in [0.25, 0.3) is 0 Å². The van der Waals surface area contributed by atoms with E-state index in [-0.39, 0.29) is 30.8 Å². The lowest BCUT2D eigenvalue weighted by Gasteiger charge is -2.37. The number of benzene rings is 1. The van der Waals surface area contributed by atoms with E-state index < -0.39 is 27.2 Å². The van der Waals surface area contributed by atoms with E-state index in [9.17, 15) is 22.7 Å². The molecule has 0 atom stereocenters. The lowest BCUT2D eigenvalue weighted by Crippen LogP contribution is -2.46. The fourth-order valence-electron chi connectivity index (χ4n) is 2.67. The maximum Gasteiger partial charge on any atom is 0.309 e. The van der Waals surface area contributed by atoms with E-state index in [0.29, 0.717) is 6.42 Å². The average Bonchev–Trinajstić information content (AvgIpc) is 2.47. The van der Waals surface area contributed by atoms with E-state index in [1.165, 1.54) is 22.5 Å². The van der Waals surface area contributed by atoms with Crippen LogP contribution in [0.25, 0.3) is 0 Å². The van der Waals surface area contributed by atoms with Crippen LogP contribution in [-0.4, -0.2) is 36.9 Å². The van der Waals surface area contributed by atoms with Crippen molar-refractivity contribution >= 4 is 16.0 Å². The summed E-state index contributed by atoms with van der Waals surface area (Å²) in [5.41, 5.74) is -0.874. The number of carboxylic acids is 1. The normalized spacial score (nSPS) is 19.3. The monoisotopic (exact) mass is 315 g/mol. The van der Waals surface area contributed by atoms with Gasteiger partial charge in [0.1, 0.15) is 10.7 Å². The number of halogens is 1. The maximum absolute atomic E-state index is 13.7. The highest BCUT2D eigenvalue weighted by Gasteiger charge is 2.43. The second-order valence-electron chi connectivity index (χ2n) is 5.27. The van der Waals surface area contributed by atoms with Crippen molar-refractivity contribution in [2.24, 2.45) is 5.41 Å². The summed E-state index contributed by atoms with van der Waals surface area (Å²) in [5, 5.41) is 9.31. The Balaban J connectivity index is 2.23. The summed E-state index contributed by atoms with van der Waals surface area (Å²) >= 11 is 0. The van der Waals surface area contributed by atoms with Crippen LogP contribution in [0.5, 0.6) is 0 Å². The number of hydrogen-bond acceptors (Lipinski definition) is 3. The molecule has 0 amide bonds. The standard InChI is InChI=1S/C14H18FNO4S/c1-2-14(13(17)18)7-9-16(10-8-14)21(19,20)12-6-4-3-5-11(12)15/h3-6H,2,7-10H2,1H3,(H,17,18). The number of nitrogens with zero attached hydrogens (tertiary/aromatic N) is 1. The summed E-state index contributed by atoms with van der Waals surface area (Å²) in [7, 11) is -3.91. The molecule has 0 unspecified atom stereocenters. The Bertz CT molecular complexity index is 636. The third-order valence-electron chi connectivity index (χ3n) is 4.26. The first kappa shape index (κ1) is 15.9. The highest BCUT2D eigenvalue weighted by Crippen LogP contribution is 2.37. The SMILES string of the molecule is CCC1(C(=O)O)CCN(S(=O)(=O)c2ccccc2F)CC1. The van der Waals surface area contributed by atoms with Crippen LogP contribution in [0.3, 0.4) is 0 Å². The molecule has 116 valence electrons. The van der Waals surface area contributed by atoms with Crippen LogP contribution in [0.1, 0.15) is 26.2 Å². The Morgan fingerprint density at radius 2 is 1.90 bits per heavy atom. The van der Waals surface area contributed by atoms with E-state index in [1.54, 1.807) is 6.92 Å². The predicted molar refractivity (Wildman–Crippen MR) is 74.8 cm³/mol. The van der Waals surface area contributed by atoms with Crippen molar-refractivity contribution in [1.29, 1.82) is 0 Å². The maximum atomic E-state index is 13.7. The molecule has 2 rings (SSSR count). The minimum atomic E-state index is -3.91. The number of hydrogen-bond donors (Lipinski definition) is 1. The Morgan fingerprint density at radius 1 is 1.33 bits per heavy atom. The molecule has 21 heavy (non-hydrogen) atoms. The lowest BCUT2D eigenvalue weighted by molar-refractivity contribution is -0.151. The molecule has 0 bridgehead atoms. The van der Waals surface area contributed by atoms with Gasteiger partial charge in [-0.15, -0.1) is 0 Å². The molecule has 1 aromatic carbocycles. The topological polar surface area (TPSA) is 74.7 Å². The van der Waals surface area contributed by atoms with Gasteiger partial charge in [-0.05, 0) is 31.4 Å². The number of aliphatic carboxylic acids is 1. The van der Waals surface area contributed by atoms with Crippen molar-refractivity contribution in [3.05, 3.63) is 30.1 Å². The molecule has 1 heterocycles. The van der Waals surface area contributed by atoms with E-state index >= 15 is 0 Å². The quantitative estimate of drug-likeness (QED) is 0.923.